The number of allylic oxidation sites excluding steroid dienone is 8. The third kappa shape index (κ3) is 6.54. The average molecular weight is 975 g/mol. The van der Waals surface area contributed by atoms with Crippen LogP contribution in [0.2, 0.25) is 0 Å². The highest BCUT2D eigenvalue weighted by atomic mass is 16.3. The van der Waals surface area contributed by atoms with E-state index in [1.165, 1.54) is 54.6 Å². The fraction of sp³-hybridized carbons (Fsp3) is 0.113. The lowest BCUT2D eigenvalue weighted by molar-refractivity contribution is 0.609. The molecule has 0 spiro atoms. The van der Waals surface area contributed by atoms with Crippen LogP contribution in [-0.2, 0) is 6.42 Å². The Morgan fingerprint density at radius 3 is 2.00 bits per heavy atom. The van der Waals surface area contributed by atoms with E-state index in [0.29, 0.717) is 17.6 Å². The molecule has 12 aromatic rings. The van der Waals surface area contributed by atoms with E-state index in [-0.39, 0.29) is 23.7 Å². The maximum atomic E-state index is 7.33. The number of aryl methyl sites for hydroxylation is 1. The largest absolute Gasteiger partial charge is 0.454 e. The number of furan rings is 1. The Bertz CT molecular complexity index is 4700. The maximum absolute atomic E-state index is 7.33. The molecule has 0 aliphatic heterocycles. The van der Waals surface area contributed by atoms with E-state index >= 15 is 0 Å². The van der Waals surface area contributed by atoms with Crippen LogP contribution in [0.5, 0.6) is 0 Å². The number of rotatable bonds is 7. The zero-order valence-electron chi connectivity index (χ0n) is 41.9. The first-order chi connectivity index (χ1) is 37.6. The van der Waals surface area contributed by atoms with Crippen molar-refractivity contribution in [3.05, 3.63) is 257 Å². The summed E-state index contributed by atoms with van der Waals surface area (Å²) in [7, 11) is 0. The van der Waals surface area contributed by atoms with Gasteiger partial charge in [-0.1, -0.05) is 213 Å². The van der Waals surface area contributed by atoms with Crippen molar-refractivity contribution in [3.8, 4) is 28.5 Å². The molecule has 4 aliphatic rings. The standard InChI is InChI=1S/C71H50N4O/c1-42-49(34-35-56-54(33-30-43-16-3-2-4-17-43)53-27-13-14-28-55(53)64(42)56)69-72-70(57-29-15-23-44-18-7-10-24-50(44)57)74-71(73-69)59-37-36-58-66-52-26-12-9-20-46(52)32-39-63(66)76-68(58)67(59)75-61-38-31-45-19-8-11-25-51(45)65(61)60-40-47-21-5-6-22-48(47)41-62(60)75/h2-29,31-32,34-42,47-49,54H,30,33H2,1H3/t42?,47?,48-,49?,54?/m0/s1. The second-order valence-electron chi connectivity index (χ2n) is 21.2. The molecule has 4 unspecified atom stereocenters. The molecule has 5 atom stereocenters. The smallest absolute Gasteiger partial charge is 0.165 e. The second-order valence-corrected chi connectivity index (χ2v) is 21.2. The number of hydrogen-bond donors (Lipinski definition) is 0. The molecule has 0 N–H and O–H groups in total. The molecular formula is C71H50N4O. The molecule has 3 aromatic heterocycles. The fourth-order valence-electron chi connectivity index (χ4n) is 13.6. The van der Waals surface area contributed by atoms with Gasteiger partial charge in [-0.05, 0) is 103 Å². The number of fused-ring (bicyclic) bond motifs is 14. The SMILES string of the molecule is CC1C2=C(C=CC1c1nc(-c3ccc4c(oc5ccc6ccccc6c54)c3-n3c4c(c5c6ccccc6ccc53)=CC3C=CC=C[C@H]3C=4)nc(-c3cccc4ccccc34)n1)C(CCc1ccccc1)c1ccccc12. The van der Waals surface area contributed by atoms with Crippen molar-refractivity contribution in [2.75, 3.05) is 0 Å². The molecule has 0 bridgehead atoms. The molecule has 0 saturated heterocycles. The quantitative estimate of drug-likeness (QED) is 0.160. The van der Waals surface area contributed by atoms with Gasteiger partial charge < -0.3 is 8.98 Å². The minimum Gasteiger partial charge on any atom is -0.454 e. The summed E-state index contributed by atoms with van der Waals surface area (Å²) in [5, 5.41) is 12.8. The fourth-order valence-corrected chi connectivity index (χ4v) is 13.6. The van der Waals surface area contributed by atoms with E-state index in [1.54, 1.807) is 0 Å². The van der Waals surface area contributed by atoms with Crippen LogP contribution >= 0.6 is 0 Å². The first kappa shape index (κ1) is 43.2. The number of benzene rings is 9. The highest BCUT2D eigenvalue weighted by Gasteiger charge is 2.38. The van der Waals surface area contributed by atoms with Crippen LogP contribution in [0.3, 0.4) is 0 Å². The van der Waals surface area contributed by atoms with Crippen LogP contribution in [0, 0.1) is 17.8 Å². The highest BCUT2D eigenvalue weighted by molar-refractivity contribution is 6.21. The van der Waals surface area contributed by atoms with E-state index in [2.05, 4.69) is 242 Å². The van der Waals surface area contributed by atoms with Crippen LogP contribution in [-0.4, -0.2) is 19.5 Å². The van der Waals surface area contributed by atoms with Crippen LogP contribution in [0.1, 0.15) is 47.7 Å². The monoisotopic (exact) mass is 974 g/mol. The van der Waals surface area contributed by atoms with Gasteiger partial charge in [0.25, 0.3) is 0 Å². The van der Waals surface area contributed by atoms with Crippen molar-refractivity contribution in [1.82, 2.24) is 19.5 Å². The lowest BCUT2D eigenvalue weighted by Gasteiger charge is -2.28. The van der Waals surface area contributed by atoms with Crippen molar-refractivity contribution >= 4 is 82.9 Å². The van der Waals surface area contributed by atoms with E-state index in [4.69, 9.17) is 19.4 Å². The second kappa shape index (κ2) is 16.9. The lowest BCUT2D eigenvalue weighted by atomic mass is 9.78. The van der Waals surface area contributed by atoms with Gasteiger partial charge in [0.15, 0.2) is 17.2 Å². The Hall–Kier alpha value is -9.19. The first-order valence-corrected chi connectivity index (χ1v) is 26.9. The van der Waals surface area contributed by atoms with Crippen molar-refractivity contribution < 1.29 is 4.42 Å². The number of nitrogens with zero attached hydrogens (tertiary/aromatic N) is 4. The molecule has 3 heterocycles. The van der Waals surface area contributed by atoms with Crippen molar-refractivity contribution in [2.45, 2.75) is 31.6 Å². The third-order valence-electron chi connectivity index (χ3n) is 17.2. The predicted octanol–water partition coefficient (Wildman–Crippen LogP) is 15.9. The van der Waals surface area contributed by atoms with Gasteiger partial charge in [0.05, 0.1) is 10.9 Å². The molecule has 0 saturated carbocycles. The summed E-state index contributed by atoms with van der Waals surface area (Å²) < 4.78 is 9.80. The maximum Gasteiger partial charge on any atom is 0.165 e. The summed E-state index contributed by atoms with van der Waals surface area (Å²) in [5.41, 5.74) is 12.5. The highest BCUT2D eigenvalue weighted by Crippen LogP contribution is 2.53. The van der Waals surface area contributed by atoms with Crippen LogP contribution in [0.25, 0.3) is 111 Å². The lowest BCUT2D eigenvalue weighted by Crippen LogP contribution is -2.35. The van der Waals surface area contributed by atoms with Gasteiger partial charge >= 0.3 is 0 Å². The van der Waals surface area contributed by atoms with Crippen molar-refractivity contribution in [1.29, 1.82) is 0 Å². The van der Waals surface area contributed by atoms with Crippen molar-refractivity contribution in [3.63, 3.8) is 0 Å². The van der Waals surface area contributed by atoms with Gasteiger partial charge in [-0.2, -0.15) is 0 Å². The summed E-state index contributed by atoms with van der Waals surface area (Å²) >= 11 is 0. The van der Waals surface area contributed by atoms with E-state index in [1.807, 2.05) is 0 Å². The summed E-state index contributed by atoms with van der Waals surface area (Å²) in [4.78, 5) is 17.0. The average Bonchev–Trinajstić information content (AvgIpc) is 4.16. The minimum absolute atomic E-state index is 0.0912. The zero-order chi connectivity index (χ0) is 50.0. The normalized spacial score (nSPS) is 19.4. The van der Waals surface area contributed by atoms with Gasteiger partial charge in [0.1, 0.15) is 17.1 Å². The van der Waals surface area contributed by atoms with Gasteiger partial charge in [-0.25, -0.2) is 15.0 Å². The topological polar surface area (TPSA) is 56.7 Å². The van der Waals surface area contributed by atoms with Crippen molar-refractivity contribution in [2.24, 2.45) is 17.8 Å². The Kier molecular flexibility index (Phi) is 9.63. The molecule has 0 radical (unpaired) electrons. The molecule has 0 fully saturated rings. The van der Waals surface area contributed by atoms with E-state index in [0.717, 1.165) is 84.4 Å². The zero-order valence-corrected chi connectivity index (χ0v) is 41.9. The number of aromatic nitrogens is 4. The van der Waals surface area contributed by atoms with Gasteiger partial charge in [0, 0.05) is 56.2 Å². The molecule has 0 amide bonds. The van der Waals surface area contributed by atoms with Gasteiger partial charge in [-0.3, -0.25) is 0 Å². The molecule has 5 heteroatoms. The van der Waals surface area contributed by atoms with Gasteiger partial charge in [0.2, 0.25) is 0 Å². The molecule has 5 nitrogen and oxygen atoms in total. The molecule has 360 valence electrons. The molecule has 9 aromatic carbocycles. The van der Waals surface area contributed by atoms with Crippen LogP contribution < -0.4 is 10.6 Å². The Morgan fingerprint density at radius 2 is 1.18 bits per heavy atom. The number of hydrogen-bond acceptors (Lipinski definition) is 4. The summed E-state index contributed by atoms with van der Waals surface area (Å²) in [5.74, 6) is 2.72. The Morgan fingerprint density at radius 1 is 0.526 bits per heavy atom. The minimum atomic E-state index is -0.127. The van der Waals surface area contributed by atoms with Gasteiger partial charge in [-0.15, -0.1) is 0 Å². The van der Waals surface area contributed by atoms with Crippen LogP contribution in [0.4, 0.5) is 0 Å². The third-order valence-corrected chi connectivity index (χ3v) is 17.2. The molecule has 76 heavy (non-hydrogen) atoms. The van der Waals surface area contributed by atoms with Crippen LogP contribution in [0.15, 0.2) is 228 Å². The Labute approximate surface area is 439 Å². The summed E-state index contributed by atoms with van der Waals surface area (Å²) in [6, 6.07) is 65.8. The summed E-state index contributed by atoms with van der Waals surface area (Å²) in [6.07, 6.45) is 20.9. The predicted molar refractivity (Wildman–Crippen MR) is 313 cm³/mol. The molecule has 4 aliphatic carbocycles. The summed E-state index contributed by atoms with van der Waals surface area (Å²) in [6.45, 7) is 2.38. The van der Waals surface area contributed by atoms with E-state index < -0.39 is 0 Å². The Balaban J connectivity index is 0.969. The molecule has 16 rings (SSSR count). The molecular weight excluding hydrogens is 925 g/mol. The first-order valence-electron chi connectivity index (χ1n) is 26.9. The van der Waals surface area contributed by atoms with E-state index in [9.17, 15) is 0 Å².